The molecule has 0 atom stereocenters. The fraction of sp³-hybridized carbons (Fsp3) is 0.227. The van der Waals surface area contributed by atoms with Crippen LogP contribution < -0.4 is 4.74 Å². The summed E-state index contributed by atoms with van der Waals surface area (Å²) < 4.78 is 49.5. The number of benzene rings is 2. The van der Waals surface area contributed by atoms with Gasteiger partial charge in [-0.2, -0.15) is 13.2 Å². The third-order valence-electron chi connectivity index (χ3n) is 4.57. The summed E-state index contributed by atoms with van der Waals surface area (Å²) in [7, 11) is 0. The molecule has 0 fully saturated rings. The maximum absolute atomic E-state index is 12.7. The molecule has 0 unspecified atom stereocenters. The standard InChI is InChI=1S/C22H19F3O4/c1-13-9-19(8-5-16(13)11-21(26)27)28-12-17-10-20(29-14(17)2)15-3-6-18(7-4-15)22(23,24)25/h3-10H,11-12H2,1-2H3,(H,26,27). The number of alkyl halides is 3. The summed E-state index contributed by atoms with van der Waals surface area (Å²) >= 11 is 0. The molecule has 1 aromatic heterocycles. The second-order valence-corrected chi connectivity index (χ2v) is 6.71. The van der Waals surface area contributed by atoms with E-state index in [0.29, 0.717) is 28.4 Å². The van der Waals surface area contributed by atoms with E-state index in [9.17, 15) is 18.0 Å². The third-order valence-corrected chi connectivity index (χ3v) is 4.57. The van der Waals surface area contributed by atoms with Crippen molar-refractivity contribution in [2.75, 3.05) is 0 Å². The number of carbonyl (C=O) groups is 1. The molecule has 152 valence electrons. The Balaban J connectivity index is 1.71. The maximum atomic E-state index is 12.7. The quantitative estimate of drug-likeness (QED) is 0.565. The molecule has 3 aromatic rings. The Morgan fingerprint density at radius 1 is 1.03 bits per heavy atom. The highest BCUT2D eigenvalue weighted by molar-refractivity contribution is 5.70. The van der Waals surface area contributed by atoms with Crippen LogP contribution in [0.1, 0.15) is 28.0 Å². The lowest BCUT2D eigenvalue weighted by Crippen LogP contribution is -2.03. The number of carboxylic acid groups (broad SMARTS) is 1. The van der Waals surface area contributed by atoms with Gasteiger partial charge < -0.3 is 14.3 Å². The molecule has 1 heterocycles. The Bertz CT molecular complexity index is 1020. The Labute approximate surface area is 165 Å². The lowest BCUT2D eigenvalue weighted by molar-refractivity contribution is -0.138. The fourth-order valence-electron chi connectivity index (χ4n) is 2.91. The number of aliphatic carboxylic acids is 1. The van der Waals surface area contributed by atoms with Crippen LogP contribution >= 0.6 is 0 Å². The van der Waals surface area contributed by atoms with Crippen LogP contribution in [0, 0.1) is 13.8 Å². The monoisotopic (exact) mass is 404 g/mol. The maximum Gasteiger partial charge on any atom is 0.416 e. The topological polar surface area (TPSA) is 59.7 Å². The molecule has 1 N–H and O–H groups in total. The summed E-state index contributed by atoms with van der Waals surface area (Å²) in [5.74, 6) is 0.766. The van der Waals surface area contributed by atoms with Crippen LogP contribution in [0.5, 0.6) is 5.75 Å². The zero-order chi connectivity index (χ0) is 21.2. The SMILES string of the molecule is Cc1cc(OCc2cc(-c3ccc(C(F)(F)F)cc3)oc2C)ccc1CC(=O)O. The Morgan fingerprint density at radius 2 is 1.72 bits per heavy atom. The van der Waals surface area contributed by atoms with E-state index in [1.807, 2.05) is 6.92 Å². The van der Waals surface area contributed by atoms with Gasteiger partial charge in [-0.05, 0) is 55.3 Å². The molecule has 29 heavy (non-hydrogen) atoms. The lowest BCUT2D eigenvalue weighted by atomic mass is 10.1. The van der Waals surface area contributed by atoms with E-state index in [1.165, 1.54) is 12.1 Å². The van der Waals surface area contributed by atoms with Crippen molar-refractivity contribution in [1.29, 1.82) is 0 Å². The Hall–Kier alpha value is -3.22. The van der Waals surface area contributed by atoms with E-state index in [0.717, 1.165) is 23.3 Å². The molecular weight excluding hydrogens is 385 g/mol. The second-order valence-electron chi connectivity index (χ2n) is 6.71. The normalized spacial score (nSPS) is 11.5. The van der Waals surface area contributed by atoms with E-state index in [2.05, 4.69) is 0 Å². The summed E-state index contributed by atoms with van der Waals surface area (Å²) in [5, 5.41) is 8.90. The smallest absolute Gasteiger partial charge is 0.416 e. The lowest BCUT2D eigenvalue weighted by Gasteiger charge is -2.09. The molecule has 2 aromatic carbocycles. The van der Waals surface area contributed by atoms with Gasteiger partial charge in [0.1, 0.15) is 23.9 Å². The molecule has 0 spiro atoms. The van der Waals surface area contributed by atoms with E-state index < -0.39 is 17.7 Å². The first-order valence-corrected chi connectivity index (χ1v) is 8.84. The summed E-state index contributed by atoms with van der Waals surface area (Å²) in [6.07, 6.45) is -4.43. The van der Waals surface area contributed by atoms with Crippen LogP contribution in [0.2, 0.25) is 0 Å². The molecule has 0 bridgehead atoms. The molecule has 0 aliphatic carbocycles. The number of ether oxygens (including phenoxy) is 1. The van der Waals surface area contributed by atoms with E-state index in [-0.39, 0.29) is 13.0 Å². The first-order valence-electron chi connectivity index (χ1n) is 8.84. The van der Waals surface area contributed by atoms with Crippen molar-refractivity contribution in [3.05, 3.63) is 76.5 Å². The van der Waals surface area contributed by atoms with Gasteiger partial charge in [0.25, 0.3) is 0 Å². The molecule has 0 saturated carbocycles. The molecule has 3 rings (SSSR count). The van der Waals surface area contributed by atoms with Gasteiger partial charge in [-0.15, -0.1) is 0 Å². The van der Waals surface area contributed by atoms with Gasteiger partial charge in [-0.25, -0.2) is 0 Å². The van der Waals surface area contributed by atoms with Crippen LogP contribution in [-0.2, 0) is 24.0 Å². The van der Waals surface area contributed by atoms with Crippen molar-refractivity contribution in [2.45, 2.75) is 33.1 Å². The Kier molecular flexibility index (Phi) is 5.68. The van der Waals surface area contributed by atoms with Crippen LogP contribution in [-0.4, -0.2) is 11.1 Å². The predicted molar refractivity (Wildman–Crippen MR) is 101 cm³/mol. The number of hydrogen-bond acceptors (Lipinski definition) is 3. The van der Waals surface area contributed by atoms with Gasteiger partial charge in [0, 0.05) is 11.1 Å². The molecule has 7 heteroatoms. The van der Waals surface area contributed by atoms with Crippen molar-refractivity contribution in [2.24, 2.45) is 0 Å². The molecule has 0 amide bonds. The highest BCUT2D eigenvalue weighted by atomic mass is 19.4. The summed E-state index contributed by atoms with van der Waals surface area (Å²) in [6.45, 7) is 3.79. The number of halogens is 3. The van der Waals surface area contributed by atoms with Crippen molar-refractivity contribution in [1.82, 2.24) is 0 Å². The largest absolute Gasteiger partial charge is 0.489 e. The molecular formula is C22H19F3O4. The minimum Gasteiger partial charge on any atom is -0.489 e. The van der Waals surface area contributed by atoms with Crippen LogP contribution in [0.15, 0.2) is 52.9 Å². The van der Waals surface area contributed by atoms with Crippen molar-refractivity contribution in [3.8, 4) is 17.1 Å². The molecule has 0 aliphatic rings. The number of carboxylic acids is 1. The average molecular weight is 404 g/mol. The zero-order valence-electron chi connectivity index (χ0n) is 15.8. The summed E-state index contributed by atoms with van der Waals surface area (Å²) in [6, 6.07) is 11.7. The fourth-order valence-corrected chi connectivity index (χ4v) is 2.91. The van der Waals surface area contributed by atoms with Crippen molar-refractivity contribution < 1.29 is 32.2 Å². The van der Waals surface area contributed by atoms with Gasteiger partial charge >= 0.3 is 12.1 Å². The number of furan rings is 1. The molecule has 0 saturated heterocycles. The van der Waals surface area contributed by atoms with E-state index >= 15 is 0 Å². The van der Waals surface area contributed by atoms with Gasteiger partial charge in [0.05, 0.1) is 12.0 Å². The van der Waals surface area contributed by atoms with Crippen molar-refractivity contribution in [3.63, 3.8) is 0 Å². The first kappa shape index (κ1) is 20.5. The van der Waals surface area contributed by atoms with Crippen LogP contribution in [0.3, 0.4) is 0 Å². The minimum absolute atomic E-state index is 0.0521. The molecule has 4 nitrogen and oxygen atoms in total. The van der Waals surface area contributed by atoms with E-state index in [4.69, 9.17) is 14.3 Å². The van der Waals surface area contributed by atoms with Crippen LogP contribution in [0.25, 0.3) is 11.3 Å². The first-order chi connectivity index (χ1) is 13.6. The van der Waals surface area contributed by atoms with Gasteiger partial charge in [0.2, 0.25) is 0 Å². The minimum atomic E-state index is -4.38. The van der Waals surface area contributed by atoms with Gasteiger partial charge in [-0.1, -0.05) is 18.2 Å². The number of rotatable bonds is 6. The third kappa shape index (κ3) is 4.99. The summed E-state index contributed by atoms with van der Waals surface area (Å²) in [5.41, 5.74) is 2.14. The van der Waals surface area contributed by atoms with Crippen molar-refractivity contribution >= 4 is 5.97 Å². The van der Waals surface area contributed by atoms with Crippen LogP contribution in [0.4, 0.5) is 13.2 Å². The number of hydrogen-bond donors (Lipinski definition) is 1. The molecule has 0 aliphatic heterocycles. The Morgan fingerprint density at radius 3 is 2.31 bits per heavy atom. The van der Waals surface area contributed by atoms with Gasteiger partial charge in [0.15, 0.2) is 0 Å². The highest BCUT2D eigenvalue weighted by Gasteiger charge is 2.30. The van der Waals surface area contributed by atoms with Gasteiger partial charge in [-0.3, -0.25) is 4.79 Å². The second kappa shape index (κ2) is 8.03. The van der Waals surface area contributed by atoms with E-state index in [1.54, 1.807) is 31.2 Å². The average Bonchev–Trinajstić information content (AvgIpc) is 3.02. The summed E-state index contributed by atoms with van der Waals surface area (Å²) in [4.78, 5) is 10.8. The molecule has 0 radical (unpaired) electrons. The highest BCUT2D eigenvalue weighted by Crippen LogP contribution is 2.32. The number of aryl methyl sites for hydroxylation is 2. The zero-order valence-corrected chi connectivity index (χ0v) is 15.8. The predicted octanol–water partition coefficient (Wildman–Crippen LogP) is 5.79.